The fourth-order valence-corrected chi connectivity index (χ4v) is 4.21. The number of aromatic nitrogens is 2. The highest BCUT2D eigenvalue weighted by Gasteiger charge is 2.29. The first-order valence-corrected chi connectivity index (χ1v) is 9.68. The Bertz CT molecular complexity index is 942. The van der Waals surface area contributed by atoms with E-state index >= 15 is 0 Å². The minimum Gasteiger partial charge on any atom is -0.358 e. The number of pyridine rings is 1. The van der Waals surface area contributed by atoms with Crippen LogP contribution in [0.25, 0.3) is 10.9 Å². The van der Waals surface area contributed by atoms with Crippen molar-refractivity contribution in [3.8, 4) is 0 Å². The zero-order valence-corrected chi connectivity index (χ0v) is 16.0. The Balaban J connectivity index is 1.86. The van der Waals surface area contributed by atoms with Crippen LogP contribution in [-0.4, -0.2) is 33.9 Å². The molecule has 0 aliphatic carbocycles. The van der Waals surface area contributed by atoms with E-state index in [4.69, 9.17) is 4.98 Å². The summed E-state index contributed by atoms with van der Waals surface area (Å²) < 4.78 is 0. The van der Waals surface area contributed by atoms with Crippen LogP contribution in [0.3, 0.4) is 0 Å². The second kappa shape index (κ2) is 7.53. The molecule has 0 saturated carbocycles. The minimum absolute atomic E-state index is 0.0551. The monoisotopic (exact) mass is 362 g/mol. The molecule has 0 bridgehead atoms. The van der Waals surface area contributed by atoms with Crippen molar-refractivity contribution in [2.45, 2.75) is 39.2 Å². The van der Waals surface area contributed by atoms with Crippen molar-refractivity contribution in [2.24, 2.45) is 0 Å². The summed E-state index contributed by atoms with van der Waals surface area (Å²) in [7, 11) is 0. The van der Waals surface area contributed by atoms with E-state index in [-0.39, 0.29) is 11.9 Å². The third-order valence-electron chi connectivity index (χ3n) is 5.35. The van der Waals surface area contributed by atoms with Gasteiger partial charge in [-0.15, -0.1) is 0 Å². The van der Waals surface area contributed by atoms with E-state index in [2.05, 4.69) is 40.3 Å². The molecule has 4 rings (SSSR count). The van der Waals surface area contributed by atoms with Crippen LogP contribution in [-0.2, 0) is 4.79 Å². The lowest BCUT2D eigenvalue weighted by molar-refractivity contribution is -0.114. The van der Waals surface area contributed by atoms with Gasteiger partial charge in [-0.25, -0.2) is 0 Å². The maximum atomic E-state index is 11.5. The summed E-state index contributed by atoms with van der Waals surface area (Å²) in [5.74, 6) is -0.0551. The Hall–Kier alpha value is -2.66. The van der Waals surface area contributed by atoms with E-state index in [9.17, 15) is 4.79 Å². The zero-order valence-electron chi connectivity index (χ0n) is 16.0. The molecule has 1 aromatic carbocycles. The van der Waals surface area contributed by atoms with Crippen LogP contribution in [0.4, 0.5) is 5.69 Å². The largest absolute Gasteiger partial charge is 0.358 e. The first-order valence-electron chi connectivity index (χ1n) is 9.68. The fourth-order valence-electron chi connectivity index (χ4n) is 4.21. The molecule has 140 valence electrons. The van der Waals surface area contributed by atoms with Gasteiger partial charge in [-0.05, 0) is 63.2 Å². The highest BCUT2D eigenvalue weighted by atomic mass is 16.1. The predicted octanol–water partition coefficient (Wildman–Crippen LogP) is 4.41. The molecule has 5 heteroatoms. The van der Waals surface area contributed by atoms with Crippen molar-refractivity contribution in [2.75, 3.05) is 18.4 Å². The quantitative estimate of drug-likeness (QED) is 0.723. The van der Waals surface area contributed by atoms with Gasteiger partial charge in [0.1, 0.15) is 0 Å². The number of hydrogen-bond acceptors (Lipinski definition) is 3. The molecule has 1 atom stereocenters. The van der Waals surface area contributed by atoms with Crippen LogP contribution in [0.5, 0.6) is 0 Å². The van der Waals surface area contributed by atoms with Crippen LogP contribution < -0.4 is 5.32 Å². The first-order chi connectivity index (χ1) is 13.1. The molecule has 0 unspecified atom stereocenters. The van der Waals surface area contributed by atoms with Gasteiger partial charge in [0.25, 0.3) is 0 Å². The lowest BCUT2D eigenvalue weighted by Gasteiger charge is -2.34. The van der Waals surface area contributed by atoms with E-state index in [1.54, 1.807) is 0 Å². The van der Waals surface area contributed by atoms with Crippen LogP contribution in [0.15, 0.2) is 42.6 Å². The summed E-state index contributed by atoms with van der Waals surface area (Å²) in [5, 5.41) is 4.06. The van der Waals surface area contributed by atoms with Gasteiger partial charge in [0.05, 0.1) is 11.7 Å². The number of benzene rings is 1. The smallest absolute Gasteiger partial charge is 0.221 e. The number of H-pyrrole nitrogens is 1. The number of carbonyl (C=O) groups excluding carboxylic acids is 1. The highest BCUT2D eigenvalue weighted by Crippen LogP contribution is 2.37. The first kappa shape index (κ1) is 17.7. The number of aryl methyl sites for hydroxylation is 1. The van der Waals surface area contributed by atoms with Gasteiger partial charge in [-0.1, -0.05) is 12.5 Å². The summed E-state index contributed by atoms with van der Waals surface area (Å²) in [4.78, 5) is 22.3. The number of aromatic amines is 1. The van der Waals surface area contributed by atoms with E-state index in [1.165, 1.54) is 31.7 Å². The van der Waals surface area contributed by atoms with Crippen molar-refractivity contribution in [3.05, 3.63) is 59.5 Å². The summed E-state index contributed by atoms with van der Waals surface area (Å²) in [6.07, 6.45) is 5.62. The normalized spacial score (nSPS) is 16.4. The lowest BCUT2D eigenvalue weighted by Crippen LogP contribution is -2.35. The van der Waals surface area contributed by atoms with Gasteiger partial charge in [0, 0.05) is 41.0 Å². The minimum atomic E-state index is -0.0551. The van der Waals surface area contributed by atoms with E-state index < -0.39 is 0 Å². The van der Waals surface area contributed by atoms with E-state index in [0.717, 1.165) is 41.1 Å². The van der Waals surface area contributed by atoms with Crippen molar-refractivity contribution in [3.63, 3.8) is 0 Å². The average molecular weight is 362 g/mol. The topological polar surface area (TPSA) is 61.0 Å². The number of piperidine rings is 1. The molecule has 3 aromatic rings. The number of nitrogens with zero attached hydrogens (tertiary/aromatic N) is 2. The van der Waals surface area contributed by atoms with E-state index in [1.807, 2.05) is 24.4 Å². The summed E-state index contributed by atoms with van der Waals surface area (Å²) >= 11 is 0. The summed E-state index contributed by atoms with van der Waals surface area (Å²) in [6, 6.07) is 12.3. The molecule has 5 nitrogen and oxygen atoms in total. The molecule has 0 spiro atoms. The predicted molar refractivity (Wildman–Crippen MR) is 109 cm³/mol. The van der Waals surface area contributed by atoms with Crippen LogP contribution >= 0.6 is 0 Å². The number of hydrogen-bond donors (Lipinski definition) is 2. The lowest BCUT2D eigenvalue weighted by atomic mass is 9.95. The van der Waals surface area contributed by atoms with Crippen molar-refractivity contribution < 1.29 is 4.79 Å². The van der Waals surface area contributed by atoms with Gasteiger partial charge < -0.3 is 10.3 Å². The van der Waals surface area contributed by atoms with Crippen molar-refractivity contribution >= 4 is 22.5 Å². The standard InChI is InChI=1S/C22H26N4O/c1-15-21(18-14-17(25-16(2)27)9-10-19(18)24-15)22(20-8-4-5-11-23-20)26-12-6-3-7-13-26/h4-5,8-11,14,22,24H,3,6-7,12-13H2,1-2H3,(H,25,27)/t22-/m1/s1. The second-order valence-corrected chi connectivity index (χ2v) is 7.36. The second-order valence-electron chi connectivity index (χ2n) is 7.36. The SMILES string of the molecule is CC(=O)Nc1ccc2[nH]c(C)c([C@@H](c3ccccn3)N3CCCCC3)c2c1. The molecule has 0 radical (unpaired) electrons. The Morgan fingerprint density at radius 3 is 2.70 bits per heavy atom. The highest BCUT2D eigenvalue weighted by molar-refractivity contribution is 5.94. The molecule has 27 heavy (non-hydrogen) atoms. The molecule has 1 saturated heterocycles. The molecule has 1 fully saturated rings. The average Bonchev–Trinajstić information content (AvgIpc) is 2.99. The molecule has 2 aromatic heterocycles. The zero-order chi connectivity index (χ0) is 18.8. The number of anilines is 1. The summed E-state index contributed by atoms with van der Waals surface area (Å²) in [6.45, 7) is 5.84. The number of carbonyl (C=O) groups is 1. The molecular weight excluding hydrogens is 336 g/mol. The Morgan fingerprint density at radius 1 is 1.19 bits per heavy atom. The van der Waals surface area contributed by atoms with Crippen molar-refractivity contribution in [1.82, 2.24) is 14.9 Å². The number of rotatable bonds is 4. The van der Waals surface area contributed by atoms with Gasteiger partial charge in [0.15, 0.2) is 0 Å². The van der Waals surface area contributed by atoms with Crippen LogP contribution in [0.2, 0.25) is 0 Å². The van der Waals surface area contributed by atoms with Gasteiger partial charge >= 0.3 is 0 Å². The number of fused-ring (bicyclic) bond motifs is 1. The van der Waals surface area contributed by atoms with Gasteiger partial charge in [-0.3, -0.25) is 14.7 Å². The van der Waals surface area contributed by atoms with Gasteiger partial charge in [-0.2, -0.15) is 0 Å². The summed E-state index contributed by atoms with van der Waals surface area (Å²) in [5.41, 5.74) is 5.42. The molecular formula is C22H26N4O. The molecule has 1 aliphatic rings. The Morgan fingerprint density at radius 2 is 2.00 bits per heavy atom. The van der Waals surface area contributed by atoms with Crippen LogP contribution in [0.1, 0.15) is 49.2 Å². The molecule has 1 aliphatic heterocycles. The molecule has 2 N–H and O–H groups in total. The maximum Gasteiger partial charge on any atom is 0.221 e. The number of likely N-dealkylation sites (tertiary alicyclic amines) is 1. The molecule has 1 amide bonds. The van der Waals surface area contributed by atoms with E-state index in [0.29, 0.717) is 0 Å². The van der Waals surface area contributed by atoms with Gasteiger partial charge in [0.2, 0.25) is 5.91 Å². The molecule has 3 heterocycles. The van der Waals surface area contributed by atoms with Crippen LogP contribution in [0, 0.1) is 6.92 Å². The fraction of sp³-hybridized carbons (Fsp3) is 0.364. The van der Waals surface area contributed by atoms with Crippen molar-refractivity contribution in [1.29, 1.82) is 0 Å². The third-order valence-corrected chi connectivity index (χ3v) is 5.35. The number of nitrogens with one attached hydrogen (secondary N) is 2. The third kappa shape index (κ3) is 3.60. The Labute approximate surface area is 159 Å². The number of amides is 1. The maximum absolute atomic E-state index is 11.5. The Kier molecular flexibility index (Phi) is 4.94.